The lowest BCUT2D eigenvalue weighted by Crippen LogP contribution is -2.12. The molecule has 1 aromatic heterocycles. The van der Waals surface area contributed by atoms with Crippen LogP contribution in [0.5, 0.6) is 5.75 Å². The van der Waals surface area contributed by atoms with Crippen molar-refractivity contribution in [3.05, 3.63) is 65.7 Å². The number of nitrogens with zero attached hydrogens (tertiary/aromatic N) is 1. The Morgan fingerprint density at radius 2 is 1.92 bits per heavy atom. The van der Waals surface area contributed by atoms with Gasteiger partial charge in [0.1, 0.15) is 11.4 Å². The number of hydrogen-bond acceptors (Lipinski definition) is 4. The molecular formula is C17H12F2N2O3. The van der Waals surface area contributed by atoms with Gasteiger partial charge in [0.15, 0.2) is 11.6 Å². The summed E-state index contributed by atoms with van der Waals surface area (Å²) in [5, 5.41) is 6.27. The first-order valence-electron chi connectivity index (χ1n) is 6.95. The number of methoxy groups -OCH3 is 1. The van der Waals surface area contributed by atoms with E-state index < -0.39 is 17.5 Å². The normalized spacial score (nSPS) is 10.5. The van der Waals surface area contributed by atoms with Crippen molar-refractivity contribution in [3.63, 3.8) is 0 Å². The van der Waals surface area contributed by atoms with E-state index >= 15 is 0 Å². The number of carbonyl (C=O) groups excluding carboxylic acids is 1. The van der Waals surface area contributed by atoms with Gasteiger partial charge in [-0.1, -0.05) is 17.3 Å². The number of halogens is 2. The van der Waals surface area contributed by atoms with Crippen molar-refractivity contribution in [2.24, 2.45) is 0 Å². The van der Waals surface area contributed by atoms with Gasteiger partial charge in [-0.25, -0.2) is 8.78 Å². The minimum absolute atomic E-state index is 0.0747. The van der Waals surface area contributed by atoms with E-state index in [9.17, 15) is 13.6 Å². The second-order valence-electron chi connectivity index (χ2n) is 4.86. The zero-order valence-electron chi connectivity index (χ0n) is 12.5. The van der Waals surface area contributed by atoms with Gasteiger partial charge in [-0.2, -0.15) is 0 Å². The molecule has 5 nitrogen and oxygen atoms in total. The molecule has 7 heteroatoms. The van der Waals surface area contributed by atoms with Crippen LogP contribution >= 0.6 is 0 Å². The van der Waals surface area contributed by atoms with Crippen LogP contribution in [0.1, 0.15) is 10.4 Å². The average molecular weight is 330 g/mol. The van der Waals surface area contributed by atoms with Crippen molar-refractivity contribution in [2.45, 2.75) is 0 Å². The number of para-hydroxylation sites is 1. The number of hydrogen-bond donors (Lipinski definition) is 1. The number of amides is 1. The van der Waals surface area contributed by atoms with E-state index in [1.807, 2.05) is 0 Å². The van der Waals surface area contributed by atoms with Gasteiger partial charge in [0.05, 0.1) is 12.7 Å². The largest absolute Gasteiger partial charge is 0.496 e. The van der Waals surface area contributed by atoms with Gasteiger partial charge < -0.3 is 9.26 Å². The summed E-state index contributed by atoms with van der Waals surface area (Å²) < 4.78 is 36.4. The van der Waals surface area contributed by atoms with Gasteiger partial charge in [-0.05, 0) is 30.3 Å². The van der Waals surface area contributed by atoms with E-state index in [0.717, 1.165) is 12.1 Å². The SMILES string of the molecule is COc1ccccc1C(=O)Nc1cc(-c2ccc(F)c(F)c2)no1. The molecule has 1 heterocycles. The van der Waals surface area contributed by atoms with Crippen LogP contribution in [0.3, 0.4) is 0 Å². The van der Waals surface area contributed by atoms with Crippen LogP contribution in [0.4, 0.5) is 14.7 Å². The van der Waals surface area contributed by atoms with Gasteiger partial charge in [0.2, 0.25) is 5.88 Å². The Morgan fingerprint density at radius 1 is 1.12 bits per heavy atom. The van der Waals surface area contributed by atoms with Crippen molar-refractivity contribution in [2.75, 3.05) is 12.4 Å². The van der Waals surface area contributed by atoms with Crippen LogP contribution in [0.15, 0.2) is 53.1 Å². The lowest BCUT2D eigenvalue weighted by atomic mass is 10.1. The molecule has 0 aliphatic heterocycles. The van der Waals surface area contributed by atoms with Crippen LogP contribution in [0.25, 0.3) is 11.3 Å². The second-order valence-corrected chi connectivity index (χ2v) is 4.86. The van der Waals surface area contributed by atoms with E-state index in [1.54, 1.807) is 24.3 Å². The molecule has 122 valence electrons. The minimum Gasteiger partial charge on any atom is -0.496 e. The first-order valence-corrected chi connectivity index (χ1v) is 6.95. The summed E-state index contributed by atoms with van der Waals surface area (Å²) in [5.74, 6) is -1.90. The fraction of sp³-hybridized carbons (Fsp3) is 0.0588. The number of aromatic nitrogens is 1. The lowest BCUT2D eigenvalue weighted by Gasteiger charge is -2.06. The van der Waals surface area contributed by atoms with Crippen molar-refractivity contribution in [3.8, 4) is 17.0 Å². The molecule has 0 bridgehead atoms. The zero-order valence-corrected chi connectivity index (χ0v) is 12.5. The summed E-state index contributed by atoms with van der Waals surface area (Å²) >= 11 is 0. The molecule has 0 fully saturated rings. The van der Waals surface area contributed by atoms with Gasteiger partial charge in [0, 0.05) is 11.6 Å². The Hall–Kier alpha value is -3.22. The highest BCUT2D eigenvalue weighted by Gasteiger charge is 2.15. The third-order valence-electron chi connectivity index (χ3n) is 3.31. The summed E-state index contributed by atoms with van der Waals surface area (Å²) in [5.41, 5.74) is 0.922. The number of carbonyl (C=O) groups is 1. The van der Waals surface area contributed by atoms with Gasteiger partial charge in [0.25, 0.3) is 5.91 Å². The number of ether oxygens (including phenoxy) is 1. The zero-order chi connectivity index (χ0) is 17.1. The maximum absolute atomic E-state index is 13.3. The lowest BCUT2D eigenvalue weighted by molar-refractivity contribution is 0.102. The molecule has 2 aromatic carbocycles. The topological polar surface area (TPSA) is 64.4 Å². The molecule has 0 atom stereocenters. The Labute approximate surface area is 135 Å². The van der Waals surface area contributed by atoms with Crippen LogP contribution in [0, 0.1) is 11.6 Å². The molecule has 0 saturated heterocycles. The molecular weight excluding hydrogens is 318 g/mol. The fourth-order valence-electron chi connectivity index (χ4n) is 2.14. The molecule has 0 unspecified atom stereocenters. The maximum Gasteiger partial charge on any atom is 0.261 e. The average Bonchev–Trinajstić information content (AvgIpc) is 3.05. The highest BCUT2D eigenvalue weighted by Crippen LogP contribution is 2.24. The monoisotopic (exact) mass is 330 g/mol. The minimum atomic E-state index is -0.991. The molecule has 3 rings (SSSR count). The van der Waals surface area contributed by atoms with Crippen molar-refractivity contribution >= 4 is 11.8 Å². The molecule has 1 amide bonds. The van der Waals surface area contributed by atoms with E-state index in [-0.39, 0.29) is 11.6 Å². The number of benzene rings is 2. The molecule has 24 heavy (non-hydrogen) atoms. The van der Waals surface area contributed by atoms with Crippen molar-refractivity contribution in [1.29, 1.82) is 0 Å². The summed E-state index contributed by atoms with van der Waals surface area (Å²) in [4.78, 5) is 12.2. The van der Waals surface area contributed by atoms with Crippen molar-refractivity contribution < 1.29 is 22.8 Å². The Balaban J connectivity index is 1.81. The number of anilines is 1. The highest BCUT2D eigenvalue weighted by atomic mass is 19.2. The molecule has 1 N–H and O–H groups in total. The third-order valence-corrected chi connectivity index (χ3v) is 3.31. The molecule has 0 aliphatic rings. The first-order chi connectivity index (χ1) is 11.6. The highest BCUT2D eigenvalue weighted by molar-refractivity contribution is 6.05. The van der Waals surface area contributed by atoms with Crippen LogP contribution in [-0.4, -0.2) is 18.2 Å². The third kappa shape index (κ3) is 3.10. The molecule has 0 aliphatic carbocycles. The quantitative estimate of drug-likeness (QED) is 0.788. The fourth-order valence-corrected chi connectivity index (χ4v) is 2.14. The van der Waals surface area contributed by atoms with Crippen LogP contribution in [0.2, 0.25) is 0 Å². The smallest absolute Gasteiger partial charge is 0.261 e. The Bertz CT molecular complexity index is 893. The van der Waals surface area contributed by atoms with Crippen LogP contribution in [-0.2, 0) is 0 Å². The van der Waals surface area contributed by atoms with E-state index in [0.29, 0.717) is 16.9 Å². The predicted molar refractivity (Wildman–Crippen MR) is 82.8 cm³/mol. The summed E-state index contributed by atoms with van der Waals surface area (Å²) in [7, 11) is 1.46. The molecule has 0 radical (unpaired) electrons. The molecule has 3 aromatic rings. The van der Waals surface area contributed by atoms with E-state index in [2.05, 4.69) is 10.5 Å². The van der Waals surface area contributed by atoms with Crippen molar-refractivity contribution in [1.82, 2.24) is 5.16 Å². The first kappa shape index (κ1) is 15.7. The van der Waals surface area contributed by atoms with Gasteiger partial charge in [-0.3, -0.25) is 10.1 Å². The standard InChI is InChI=1S/C17H12F2N2O3/c1-23-15-5-3-2-4-11(15)17(22)20-16-9-14(21-24-16)10-6-7-12(18)13(19)8-10/h2-9H,1H3,(H,20,22). The van der Waals surface area contributed by atoms with Gasteiger partial charge >= 0.3 is 0 Å². The van der Waals surface area contributed by atoms with E-state index in [1.165, 1.54) is 19.2 Å². The number of rotatable bonds is 4. The maximum atomic E-state index is 13.3. The van der Waals surface area contributed by atoms with Gasteiger partial charge in [-0.15, -0.1) is 0 Å². The summed E-state index contributed by atoms with van der Waals surface area (Å²) in [6, 6.07) is 11.5. The Kier molecular flexibility index (Phi) is 4.24. The molecule has 0 saturated carbocycles. The Morgan fingerprint density at radius 3 is 2.67 bits per heavy atom. The summed E-state index contributed by atoms with van der Waals surface area (Å²) in [6.07, 6.45) is 0. The number of nitrogens with one attached hydrogen (secondary N) is 1. The molecule has 0 spiro atoms. The predicted octanol–water partition coefficient (Wildman–Crippen LogP) is 3.88. The summed E-state index contributed by atoms with van der Waals surface area (Å²) in [6.45, 7) is 0. The van der Waals surface area contributed by atoms with E-state index in [4.69, 9.17) is 9.26 Å². The van der Waals surface area contributed by atoms with Crippen LogP contribution < -0.4 is 10.1 Å². The second kappa shape index (κ2) is 6.49.